The van der Waals surface area contributed by atoms with Crippen LogP contribution < -0.4 is 5.32 Å². The molecule has 2 amide bonds. The van der Waals surface area contributed by atoms with E-state index >= 15 is 0 Å². The number of ether oxygens (including phenoxy) is 1. The van der Waals surface area contributed by atoms with Crippen LogP contribution in [0.25, 0.3) is 0 Å². The average Bonchev–Trinajstić information content (AvgIpc) is 2.46. The fraction of sp³-hybridized carbons (Fsp3) is 0.857. The molecule has 22 heavy (non-hydrogen) atoms. The van der Waals surface area contributed by atoms with Crippen molar-refractivity contribution >= 4 is 21.8 Å². The lowest BCUT2D eigenvalue weighted by molar-refractivity contribution is -0.119. The third-order valence-corrected chi connectivity index (χ3v) is 5.32. The van der Waals surface area contributed by atoms with Crippen LogP contribution in [0.15, 0.2) is 0 Å². The smallest absolute Gasteiger partial charge is 0.409 e. The van der Waals surface area contributed by atoms with Gasteiger partial charge in [0.2, 0.25) is 5.91 Å². The van der Waals surface area contributed by atoms with Gasteiger partial charge in [0.1, 0.15) is 5.75 Å². The fourth-order valence-electron chi connectivity index (χ4n) is 2.45. The van der Waals surface area contributed by atoms with Crippen molar-refractivity contribution in [3.63, 3.8) is 0 Å². The molecule has 0 saturated carbocycles. The molecule has 0 aliphatic carbocycles. The molecule has 7 nitrogen and oxygen atoms in total. The Balaban J connectivity index is 2.33. The molecule has 0 aromatic carbocycles. The lowest BCUT2D eigenvalue weighted by atomic mass is 10.1. The predicted octanol–water partition coefficient (Wildman–Crippen LogP) is 0.938. The number of nitrogens with zero attached hydrogens (tertiary/aromatic N) is 1. The number of nitrogens with one attached hydrogen (secondary N) is 1. The molecule has 1 heterocycles. The van der Waals surface area contributed by atoms with Gasteiger partial charge in [-0.2, -0.15) is 0 Å². The minimum absolute atomic E-state index is 0.0645. The lowest BCUT2D eigenvalue weighted by Gasteiger charge is -2.31. The number of hydrogen-bond acceptors (Lipinski definition) is 5. The van der Waals surface area contributed by atoms with E-state index < -0.39 is 21.5 Å². The van der Waals surface area contributed by atoms with Crippen molar-refractivity contribution < 1.29 is 22.7 Å². The second kappa shape index (κ2) is 8.97. The molecular weight excluding hydrogens is 308 g/mol. The van der Waals surface area contributed by atoms with Crippen LogP contribution in [0.3, 0.4) is 0 Å². The van der Waals surface area contributed by atoms with Gasteiger partial charge >= 0.3 is 6.09 Å². The number of unbranched alkanes of at least 4 members (excludes halogenated alkanes) is 2. The molecule has 128 valence electrons. The molecule has 0 atom stereocenters. The van der Waals surface area contributed by atoms with Crippen molar-refractivity contribution in [2.75, 3.05) is 31.7 Å². The summed E-state index contributed by atoms with van der Waals surface area (Å²) in [5, 5.41) is 2.75. The molecule has 0 spiro atoms. The first-order chi connectivity index (χ1) is 10.4. The van der Waals surface area contributed by atoms with E-state index in [4.69, 9.17) is 0 Å². The maximum absolute atomic E-state index is 11.8. The van der Waals surface area contributed by atoms with Gasteiger partial charge in [-0.25, -0.2) is 13.2 Å². The monoisotopic (exact) mass is 334 g/mol. The fourth-order valence-corrected chi connectivity index (χ4v) is 3.72. The van der Waals surface area contributed by atoms with Gasteiger partial charge < -0.3 is 15.0 Å². The van der Waals surface area contributed by atoms with Gasteiger partial charge in [-0.1, -0.05) is 19.8 Å². The Labute approximate surface area is 132 Å². The topological polar surface area (TPSA) is 92.8 Å². The Bertz CT molecular complexity index is 470. The highest BCUT2D eigenvalue weighted by Crippen LogP contribution is 2.11. The Morgan fingerprint density at radius 1 is 1.23 bits per heavy atom. The minimum atomic E-state index is -3.33. The zero-order chi connectivity index (χ0) is 16.6. The van der Waals surface area contributed by atoms with Crippen molar-refractivity contribution in [1.29, 1.82) is 0 Å². The van der Waals surface area contributed by atoms with Crippen molar-refractivity contribution in [1.82, 2.24) is 10.2 Å². The Morgan fingerprint density at radius 3 is 2.41 bits per heavy atom. The van der Waals surface area contributed by atoms with E-state index in [1.165, 1.54) is 7.11 Å². The molecule has 1 rings (SSSR count). The molecule has 0 bridgehead atoms. The SMILES string of the molecule is CCCCCS(=O)(=O)CC(=O)NC1CCN(C(=O)OC)CC1. The molecule has 1 fully saturated rings. The highest BCUT2D eigenvalue weighted by molar-refractivity contribution is 7.92. The van der Waals surface area contributed by atoms with Crippen LogP contribution in [0.2, 0.25) is 0 Å². The molecule has 0 radical (unpaired) electrons. The van der Waals surface area contributed by atoms with Crippen molar-refractivity contribution in [3.8, 4) is 0 Å². The maximum atomic E-state index is 11.8. The minimum Gasteiger partial charge on any atom is -0.453 e. The number of sulfone groups is 1. The zero-order valence-corrected chi connectivity index (χ0v) is 14.2. The molecule has 1 aliphatic heterocycles. The summed E-state index contributed by atoms with van der Waals surface area (Å²) in [6, 6.07) is -0.0840. The number of piperidine rings is 1. The molecule has 0 unspecified atom stereocenters. The number of hydrogen-bond donors (Lipinski definition) is 1. The van der Waals surface area contributed by atoms with Crippen LogP contribution in [0.5, 0.6) is 0 Å². The second-order valence-corrected chi connectivity index (χ2v) is 7.78. The number of rotatable bonds is 7. The first kappa shape index (κ1) is 18.7. The van der Waals surface area contributed by atoms with E-state index in [9.17, 15) is 18.0 Å². The van der Waals surface area contributed by atoms with Crippen LogP contribution in [-0.2, 0) is 19.4 Å². The summed E-state index contributed by atoms with van der Waals surface area (Å²) in [4.78, 5) is 24.8. The summed E-state index contributed by atoms with van der Waals surface area (Å²) in [6.07, 6.45) is 3.24. The summed E-state index contributed by atoms with van der Waals surface area (Å²) < 4.78 is 28.3. The van der Waals surface area contributed by atoms with E-state index in [1.54, 1.807) is 4.90 Å². The summed E-state index contributed by atoms with van der Waals surface area (Å²) in [5.74, 6) is -0.837. The van der Waals surface area contributed by atoms with Gasteiger partial charge in [0.25, 0.3) is 0 Å². The molecule has 1 saturated heterocycles. The lowest BCUT2D eigenvalue weighted by Crippen LogP contribution is -2.47. The summed E-state index contributed by atoms with van der Waals surface area (Å²) in [6.45, 7) is 3.00. The molecule has 0 aromatic heterocycles. The van der Waals surface area contributed by atoms with Crippen molar-refractivity contribution in [3.05, 3.63) is 0 Å². The standard InChI is InChI=1S/C14H26N2O5S/c1-3-4-5-10-22(19,20)11-13(17)15-12-6-8-16(9-7-12)14(18)21-2/h12H,3-11H2,1-2H3,(H,15,17). The Kier molecular flexibility index (Phi) is 7.64. The van der Waals surface area contributed by atoms with Crippen LogP contribution >= 0.6 is 0 Å². The predicted molar refractivity (Wildman–Crippen MR) is 83.3 cm³/mol. The average molecular weight is 334 g/mol. The molecule has 1 N–H and O–H groups in total. The second-order valence-electron chi connectivity index (χ2n) is 5.60. The third kappa shape index (κ3) is 6.64. The molecular formula is C14H26N2O5S. The van der Waals surface area contributed by atoms with Crippen LogP contribution in [0, 0.1) is 0 Å². The van der Waals surface area contributed by atoms with Crippen LogP contribution in [0.4, 0.5) is 4.79 Å². The number of amides is 2. The highest BCUT2D eigenvalue weighted by atomic mass is 32.2. The van der Waals surface area contributed by atoms with Gasteiger partial charge in [-0.05, 0) is 19.3 Å². The van der Waals surface area contributed by atoms with Crippen LogP contribution in [0.1, 0.15) is 39.0 Å². The van der Waals surface area contributed by atoms with Gasteiger partial charge in [0.05, 0.1) is 12.9 Å². The van der Waals surface area contributed by atoms with Crippen molar-refractivity contribution in [2.24, 2.45) is 0 Å². The van der Waals surface area contributed by atoms with E-state index in [1.807, 2.05) is 6.92 Å². The number of carbonyl (C=O) groups excluding carboxylic acids is 2. The maximum Gasteiger partial charge on any atom is 0.409 e. The normalized spacial score (nSPS) is 16.4. The van der Waals surface area contributed by atoms with Crippen molar-refractivity contribution in [2.45, 2.75) is 45.1 Å². The molecule has 8 heteroatoms. The third-order valence-electron chi connectivity index (χ3n) is 3.70. The van der Waals surface area contributed by atoms with E-state index in [0.29, 0.717) is 32.4 Å². The number of likely N-dealkylation sites (tertiary alicyclic amines) is 1. The zero-order valence-electron chi connectivity index (χ0n) is 13.3. The first-order valence-electron chi connectivity index (χ1n) is 7.70. The molecule has 0 aromatic rings. The first-order valence-corrected chi connectivity index (χ1v) is 9.52. The highest BCUT2D eigenvalue weighted by Gasteiger charge is 2.25. The summed E-state index contributed by atoms with van der Waals surface area (Å²) in [7, 11) is -2.00. The van der Waals surface area contributed by atoms with Gasteiger partial charge in [0, 0.05) is 19.1 Å². The molecule has 1 aliphatic rings. The number of methoxy groups -OCH3 is 1. The van der Waals surface area contributed by atoms with Gasteiger partial charge in [-0.3, -0.25) is 4.79 Å². The Hall–Kier alpha value is -1.31. The van der Waals surface area contributed by atoms with E-state index in [-0.39, 0.29) is 17.9 Å². The summed E-state index contributed by atoms with van der Waals surface area (Å²) in [5.41, 5.74) is 0. The van der Waals surface area contributed by atoms with Gasteiger partial charge in [-0.15, -0.1) is 0 Å². The number of carbonyl (C=O) groups is 2. The Morgan fingerprint density at radius 2 is 1.86 bits per heavy atom. The largest absolute Gasteiger partial charge is 0.453 e. The van der Waals surface area contributed by atoms with Gasteiger partial charge in [0.15, 0.2) is 9.84 Å². The summed E-state index contributed by atoms with van der Waals surface area (Å²) >= 11 is 0. The van der Waals surface area contributed by atoms with E-state index in [2.05, 4.69) is 10.1 Å². The van der Waals surface area contributed by atoms with Crippen LogP contribution in [-0.4, -0.2) is 63.1 Å². The quantitative estimate of drug-likeness (QED) is 0.699. The van der Waals surface area contributed by atoms with E-state index in [0.717, 1.165) is 12.8 Å².